The van der Waals surface area contributed by atoms with E-state index in [9.17, 15) is 13.6 Å². The number of carbonyl (C=O) groups is 1. The lowest BCUT2D eigenvalue weighted by atomic mass is 10.1. The Morgan fingerprint density at radius 1 is 1.14 bits per heavy atom. The number of rotatable bonds is 3. The van der Waals surface area contributed by atoms with Crippen LogP contribution in [-0.2, 0) is 11.2 Å². The summed E-state index contributed by atoms with van der Waals surface area (Å²) in [6, 6.07) is 9.94. The molecule has 1 N–H and O–H groups in total. The zero-order valence-electron chi connectivity index (χ0n) is 10.8. The van der Waals surface area contributed by atoms with Gasteiger partial charge in [-0.1, -0.05) is 18.2 Å². The summed E-state index contributed by atoms with van der Waals surface area (Å²) in [6.45, 7) is 0. The van der Waals surface area contributed by atoms with Crippen molar-refractivity contribution in [3.05, 3.63) is 59.8 Å². The maximum atomic E-state index is 13.4. The summed E-state index contributed by atoms with van der Waals surface area (Å²) in [5.41, 5.74) is 1.10. The Bertz CT molecular complexity index is 823. The molecule has 1 aromatic heterocycles. The van der Waals surface area contributed by atoms with E-state index in [1.165, 1.54) is 4.68 Å². The molecule has 3 rings (SSSR count). The molecular weight excluding hydrogens is 278 g/mol. The third kappa shape index (κ3) is 2.47. The van der Waals surface area contributed by atoms with Crippen molar-refractivity contribution in [3.63, 3.8) is 0 Å². The molecule has 4 nitrogen and oxygen atoms in total. The van der Waals surface area contributed by atoms with Crippen LogP contribution in [0.25, 0.3) is 16.6 Å². The molecule has 0 unspecified atom stereocenters. The summed E-state index contributed by atoms with van der Waals surface area (Å²) in [4.78, 5) is 11.0. The SMILES string of the molecule is O=C(O)Cc1c2ccccc2nn1-c1cc(F)cc(F)c1. The second-order valence-corrected chi connectivity index (χ2v) is 4.57. The molecule has 2 aromatic carbocycles. The fraction of sp³-hybridized carbons (Fsp3) is 0.0667. The number of carboxylic acids is 1. The third-order valence-corrected chi connectivity index (χ3v) is 3.09. The zero-order chi connectivity index (χ0) is 15.0. The molecule has 0 aliphatic heterocycles. The van der Waals surface area contributed by atoms with E-state index in [1.54, 1.807) is 24.3 Å². The van der Waals surface area contributed by atoms with Gasteiger partial charge >= 0.3 is 5.97 Å². The number of fused-ring (bicyclic) bond motifs is 1. The average Bonchev–Trinajstić information content (AvgIpc) is 2.76. The Morgan fingerprint density at radius 3 is 2.48 bits per heavy atom. The van der Waals surface area contributed by atoms with Crippen molar-refractivity contribution in [2.45, 2.75) is 6.42 Å². The lowest BCUT2D eigenvalue weighted by Gasteiger charge is -2.06. The van der Waals surface area contributed by atoms with Gasteiger partial charge in [-0.15, -0.1) is 0 Å². The predicted molar refractivity (Wildman–Crippen MR) is 72.3 cm³/mol. The van der Waals surface area contributed by atoms with Crippen LogP contribution in [0.15, 0.2) is 42.5 Å². The van der Waals surface area contributed by atoms with Crippen LogP contribution in [0, 0.1) is 11.6 Å². The minimum atomic E-state index is -1.04. The first kappa shape index (κ1) is 13.2. The van der Waals surface area contributed by atoms with Crippen molar-refractivity contribution in [2.24, 2.45) is 0 Å². The summed E-state index contributed by atoms with van der Waals surface area (Å²) in [7, 11) is 0. The van der Waals surface area contributed by atoms with Gasteiger partial charge in [0.15, 0.2) is 0 Å². The number of nitrogens with zero attached hydrogens (tertiary/aromatic N) is 2. The Hall–Kier alpha value is -2.76. The highest BCUT2D eigenvalue weighted by molar-refractivity contribution is 5.86. The van der Waals surface area contributed by atoms with E-state index < -0.39 is 17.6 Å². The van der Waals surface area contributed by atoms with E-state index in [-0.39, 0.29) is 12.1 Å². The molecule has 0 aliphatic carbocycles. The smallest absolute Gasteiger partial charge is 0.309 e. The van der Waals surface area contributed by atoms with Crippen molar-refractivity contribution in [3.8, 4) is 5.69 Å². The maximum absolute atomic E-state index is 13.4. The third-order valence-electron chi connectivity index (χ3n) is 3.09. The van der Waals surface area contributed by atoms with E-state index in [4.69, 9.17) is 5.11 Å². The van der Waals surface area contributed by atoms with Crippen LogP contribution in [0.5, 0.6) is 0 Å². The van der Waals surface area contributed by atoms with Crippen molar-refractivity contribution in [2.75, 3.05) is 0 Å². The van der Waals surface area contributed by atoms with Gasteiger partial charge in [0.2, 0.25) is 0 Å². The summed E-state index contributed by atoms with van der Waals surface area (Å²) >= 11 is 0. The average molecular weight is 288 g/mol. The normalized spacial score (nSPS) is 11.0. The molecule has 0 atom stereocenters. The standard InChI is InChI=1S/C15H10F2N2O2/c16-9-5-10(17)7-11(6-9)19-14(8-15(20)21)12-3-1-2-4-13(12)18-19/h1-7H,8H2,(H,20,21). The molecule has 106 valence electrons. The molecule has 0 saturated heterocycles. The van der Waals surface area contributed by atoms with Gasteiger partial charge in [-0.05, 0) is 18.2 Å². The van der Waals surface area contributed by atoms with Crippen LogP contribution in [0.2, 0.25) is 0 Å². The summed E-state index contributed by atoms with van der Waals surface area (Å²) < 4.78 is 28.0. The number of aliphatic carboxylic acids is 1. The molecule has 3 aromatic rings. The van der Waals surface area contributed by atoms with Crippen molar-refractivity contribution >= 4 is 16.9 Å². The number of halogens is 2. The molecule has 6 heteroatoms. The molecule has 0 spiro atoms. The van der Waals surface area contributed by atoms with E-state index >= 15 is 0 Å². The van der Waals surface area contributed by atoms with Crippen LogP contribution in [0.1, 0.15) is 5.69 Å². The topological polar surface area (TPSA) is 55.1 Å². The fourth-order valence-electron chi connectivity index (χ4n) is 2.28. The number of aromatic nitrogens is 2. The molecular formula is C15H10F2N2O2. The van der Waals surface area contributed by atoms with Crippen LogP contribution in [0.4, 0.5) is 8.78 Å². The highest BCUT2D eigenvalue weighted by Gasteiger charge is 2.16. The summed E-state index contributed by atoms with van der Waals surface area (Å²) in [5.74, 6) is -2.53. The van der Waals surface area contributed by atoms with Crippen LogP contribution in [0.3, 0.4) is 0 Å². The van der Waals surface area contributed by atoms with E-state index in [2.05, 4.69) is 5.10 Å². The van der Waals surface area contributed by atoms with Gasteiger partial charge < -0.3 is 5.11 Å². The highest BCUT2D eigenvalue weighted by atomic mass is 19.1. The lowest BCUT2D eigenvalue weighted by Crippen LogP contribution is -2.08. The largest absolute Gasteiger partial charge is 0.481 e. The van der Waals surface area contributed by atoms with E-state index in [0.717, 1.165) is 18.2 Å². The first-order valence-electron chi connectivity index (χ1n) is 6.19. The number of hydrogen-bond acceptors (Lipinski definition) is 2. The minimum absolute atomic E-state index is 0.153. The highest BCUT2D eigenvalue weighted by Crippen LogP contribution is 2.23. The van der Waals surface area contributed by atoms with Crippen molar-refractivity contribution < 1.29 is 18.7 Å². The predicted octanol–water partition coefficient (Wildman–Crippen LogP) is 2.93. The van der Waals surface area contributed by atoms with Crippen molar-refractivity contribution in [1.82, 2.24) is 9.78 Å². The van der Waals surface area contributed by atoms with Crippen LogP contribution in [-0.4, -0.2) is 20.9 Å². The molecule has 0 saturated carbocycles. The molecule has 0 radical (unpaired) electrons. The van der Waals surface area contributed by atoms with Gasteiger partial charge in [0.05, 0.1) is 23.3 Å². The quantitative estimate of drug-likeness (QED) is 0.806. The fourth-order valence-corrected chi connectivity index (χ4v) is 2.28. The molecule has 0 aliphatic rings. The summed E-state index contributed by atoms with van der Waals surface area (Å²) in [6.07, 6.45) is -0.293. The van der Waals surface area contributed by atoms with E-state index in [1.807, 2.05) is 0 Å². The monoisotopic (exact) mass is 288 g/mol. The first-order valence-corrected chi connectivity index (χ1v) is 6.19. The zero-order valence-corrected chi connectivity index (χ0v) is 10.8. The Balaban J connectivity index is 2.27. The molecule has 0 amide bonds. The van der Waals surface area contributed by atoms with Gasteiger partial charge in [-0.25, -0.2) is 13.5 Å². The van der Waals surface area contributed by atoms with Crippen molar-refractivity contribution in [1.29, 1.82) is 0 Å². The van der Waals surface area contributed by atoms with Gasteiger partial charge in [0.1, 0.15) is 11.6 Å². The molecule has 21 heavy (non-hydrogen) atoms. The Morgan fingerprint density at radius 2 is 1.81 bits per heavy atom. The lowest BCUT2D eigenvalue weighted by molar-refractivity contribution is -0.136. The number of hydrogen-bond donors (Lipinski definition) is 1. The minimum Gasteiger partial charge on any atom is -0.481 e. The second kappa shape index (κ2) is 4.97. The number of carboxylic acid groups (broad SMARTS) is 1. The van der Waals surface area contributed by atoms with Crippen LogP contribution >= 0.6 is 0 Å². The molecule has 0 bridgehead atoms. The molecule has 0 fully saturated rings. The maximum Gasteiger partial charge on any atom is 0.309 e. The van der Waals surface area contributed by atoms with E-state index in [0.29, 0.717) is 16.6 Å². The van der Waals surface area contributed by atoms with Crippen LogP contribution < -0.4 is 0 Å². The number of benzene rings is 2. The van der Waals surface area contributed by atoms with Gasteiger partial charge in [-0.2, -0.15) is 5.10 Å². The Labute approximate surface area is 118 Å². The Kier molecular flexibility index (Phi) is 3.13. The van der Waals surface area contributed by atoms with Gasteiger partial charge in [0, 0.05) is 11.5 Å². The molecule has 1 heterocycles. The van der Waals surface area contributed by atoms with Gasteiger partial charge in [-0.3, -0.25) is 4.79 Å². The van der Waals surface area contributed by atoms with Gasteiger partial charge in [0.25, 0.3) is 0 Å². The first-order chi connectivity index (χ1) is 10.0. The summed E-state index contributed by atoms with van der Waals surface area (Å²) in [5, 5.41) is 13.9. The second-order valence-electron chi connectivity index (χ2n) is 4.57.